The van der Waals surface area contributed by atoms with Gasteiger partial charge in [0.25, 0.3) is 0 Å². The Balaban J connectivity index is 1.55. The van der Waals surface area contributed by atoms with E-state index in [9.17, 15) is 0 Å². The summed E-state index contributed by atoms with van der Waals surface area (Å²) in [6, 6.07) is 10.9. The van der Waals surface area contributed by atoms with Crippen molar-refractivity contribution in [2.45, 2.75) is 75.8 Å². The van der Waals surface area contributed by atoms with Crippen LogP contribution in [0.3, 0.4) is 0 Å². The van der Waals surface area contributed by atoms with Crippen molar-refractivity contribution in [2.75, 3.05) is 0 Å². The van der Waals surface area contributed by atoms with E-state index in [4.69, 9.17) is 9.31 Å². The first-order valence-electron chi connectivity index (χ1n) is 8.75. The monoisotopic (exact) mass is 298 g/mol. The molecule has 0 radical (unpaired) electrons. The molecule has 2 nitrogen and oxygen atoms in total. The van der Waals surface area contributed by atoms with E-state index < -0.39 is 0 Å². The SMILES string of the molecule is CC1(C)OB(C2(C3CC3)CC(c3ccccc3)C2)OC1(C)C. The number of benzene rings is 1. The Labute approximate surface area is 134 Å². The first-order valence-corrected chi connectivity index (χ1v) is 8.75. The summed E-state index contributed by atoms with van der Waals surface area (Å²) in [4.78, 5) is 0. The summed E-state index contributed by atoms with van der Waals surface area (Å²) in [5.41, 5.74) is 1.06. The zero-order valence-corrected chi connectivity index (χ0v) is 14.3. The predicted molar refractivity (Wildman–Crippen MR) is 89.9 cm³/mol. The van der Waals surface area contributed by atoms with Gasteiger partial charge >= 0.3 is 7.12 Å². The minimum Gasteiger partial charge on any atom is -0.403 e. The molecular formula is C19H27BO2. The third-order valence-corrected chi connectivity index (χ3v) is 6.64. The van der Waals surface area contributed by atoms with Crippen molar-refractivity contribution in [3.63, 3.8) is 0 Å². The lowest BCUT2D eigenvalue weighted by atomic mass is 9.40. The molecule has 2 saturated carbocycles. The lowest BCUT2D eigenvalue weighted by Crippen LogP contribution is -2.46. The van der Waals surface area contributed by atoms with Gasteiger partial charge in [-0.1, -0.05) is 43.2 Å². The second-order valence-electron chi connectivity index (χ2n) is 8.61. The summed E-state index contributed by atoms with van der Waals surface area (Å²) in [5.74, 6) is 1.49. The Morgan fingerprint density at radius 3 is 1.95 bits per heavy atom. The Hall–Kier alpha value is -0.795. The van der Waals surface area contributed by atoms with Crippen LogP contribution in [0.25, 0.3) is 0 Å². The first kappa shape index (κ1) is 14.8. The molecule has 0 atom stereocenters. The minimum absolute atomic E-state index is 0.0232. The lowest BCUT2D eigenvalue weighted by molar-refractivity contribution is 0.00578. The highest BCUT2D eigenvalue weighted by Crippen LogP contribution is 2.70. The molecule has 1 saturated heterocycles. The van der Waals surface area contributed by atoms with Crippen LogP contribution in [0.1, 0.15) is 64.9 Å². The molecule has 3 fully saturated rings. The fourth-order valence-corrected chi connectivity index (χ4v) is 4.27. The molecule has 3 aliphatic rings. The van der Waals surface area contributed by atoms with E-state index in [1.165, 1.54) is 31.2 Å². The summed E-state index contributed by atoms with van der Waals surface area (Å²) in [7, 11) is -0.0232. The highest BCUT2D eigenvalue weighted by Gasteiger charge is 2.67. The maximum Gasteiger partial charge on any atom is 0.464 e. The molecule has 1 aromatic carbocycles. The second-order valence-corrected chi connectivity index (χ2v) is 8.61. The standard InChI is InChI=1S/C19H27BO2/c1-17(2)18(3,4)22-20(21-17)19(16-10-11-16)12-15(13-19)14-8-6-5-7-9-14/h5-9,15-16H,10-13H2,1-4H3. The molecular weight excluding hydrogens is 271 g/mol. The topological polar surface area (TPSA) is 18.5 Å². The molecule has 3 heteroatoms. The molecule has 2 aliphatic carbocycles. The average Bonchev–Trinajstić information content (AvgIpc) is 3.19. The van der Waals surface area contributed by atoms with Crippen LogP contribution in [-0.4, -0.2) is 18.3 Å². The summed E-state index contributed by atoms with van der Waals surface area (Å²) in [6.45, 7) is 8.67. The Morgan fingerprint density at radius 2 is 1.45 bits per heavy atom. The number of hydrogen-bond acceptors (Lipinski definition) is 2. The first-order chi connectivity index (χ1) is 10.3. The van der Waals surface area contributed by atoms with E-state index in [0.717, 1.165) is 5.92 Å². The van der Waals surface area contributed by atoms with E-state index in [0.29, 0.717) is 5.92 Å². The van der Waals surface area contributed by atoms with Crippen LogP contribution in [0, 0.1) is 5.92 Å². The highest BCUT2D eigenvalue weighted by atomic mass is 16.7. The molecule has 0 amide bonds. The van der Waals surface area contributed by atoms with Gasteiger partial charge in [0, 0.05) is 5.31 Å². The Kier molecular flexibility index (Phi) is 3.10. The maximum absolute atomic E-state index is 6.43. The fraction of sp³-hybridized carbons (Fsp3) is 0.684. The van der Waals surface area contributed by atoms with Gasteiger partial charge in [-0.2, -0.15) is 0 Å². The minimum atomic E-state index is -0.211. The summed E-state index contributed by atoms with van der Waals surface area (Å²) < 4.78 is 12.9. The van der Waals surface area contributed by atoms with E-state index in [-0.39, 0.29) is 23.6 Å². The van der Waals surface area contributed by atoms with E-state index >= 15 is 0 Å². The van der Waals surface area contributed by atoms with Crippen molar-refractivity contribution >= 4 is 7.12 Å². The molecule has 118 valence electrons. The molecule has 22 heavy (non-hydrogen) atoms. The van der Waals surface area contributed by atoms with E-state index in [1.54, 1.807) is 0 Å². The third-order valence-electron chi connectivity index (χ3n) is 6.64. The zero-order valence-electron chi connectivity index (χ0n) is 14.3. The Bertz CT molecular complexity index is 540. The van der Waals surface area contributed by atoms with E-state index in [1.807, 2.05) is 0 Å². The van der Waals surface area contributed by atoms with Gasteiger partial charge in [0.2, 0.25) is 0 Å². The van der Waals surface area contributed by atoms with Crippen LogP contribution in [0.15, 0.2) is 30.3 Å². The summed E-state index contributed by atoms with van der Waals surface area (Å²) in [6.07, 6.45) is 5.15. The molecule has 0 spiro atoms. The third kappa shape index (κ3) is 2.09. The van der Waals surface area contributed by atoms with Crippen LogP contribution >= 0.6 is 0 Å². The fourth-order valence-electron chi connectivity index (χ4n) is 4.27. The van der Waals surface area contributed by atoms with Crippen molar-refractivity contribution in [1.29, 1.82) is 0 Å². The lowest BCUT2D eigenvalue weighted by Gasteiger charge is -2.49. The van der Waals surface area contributed by atoms with Crippen molar-refractivity contribution in [2.24, 2.45) is 5.92 Å². The van der Waals surface area contributed by atoms with Crippen LogP contribution in [0.2, 0.25) is 5.31 Å². The van der Waals surface area contributed by atoms with Gasteiger partial charge < -0.3 is 9.31 Å². The predicted octanol–water partition coefficient (Wildman–Crippen LogP) is 4.81. The number of hydrogen-bond donors (Lipinski definition) is 0. The summed E-state index contributed by atoms with van der Waals surface area (Å²) >= 11 is 0. The Morgan fingerprint density at radius 1 is 0.909 bits per heavy atom. The van der Waals surface area contributed by atoms with Crippen LogP contribution < -0.4 is 0 Å². The van der Waals surface area contributed by atoms with Gasteiger partial charge in [0.15, 0.2) is 0 Å². The molecule has 0 bridgehead atoms. The van der Waals surface area contributed by atoms with Gasteiger partial charge in [-0.3, -0.25) is 0 Å². The molecule has 1 aromatic rings. The quantitative estimate of drug-likeness (QED) is 0.746. The normalized spacial score (nSPS) is 36.2. The largest absolute Gasteiger partial charge is 0.464 e. The van der Waals surface area contributed by atoms with Gasteiger partial charge in [-0.15, -0.1) is 0 Å². The summed E-state index contributed by atoms with van der Waals surface area (Å²) in [5, 5.41) is 0.256. The zero-order chi connectivity index (χ0) is 15.6. The molecule has 0 N–H and O–H groups in total. The van der Waals surface area contributed by atoms with Crippen molar-refractivity contribution in [3.05, 3.63) is 35.9 Å². The smallest absolute Gasteiger partial charge is 0.403 e. The van der Waals surface area contributed by atoms with Gasteiger partial charge in [0.1, 0.15) is 0 Å². The van der Waals surface area contributed by atoms with Crippen molar-refractivity contribution in [3.8, 4) is 0 Å². The molecule has 1 heterocycles. The van der Waals surface area contributed by atoms with Crippen LogP contribution in [0.4, 0.5) is 0 Å². The van der Waals surface area contributed by atoms with Gasteiger partial charge in [-0.25, -0.2) is 0 Å². The molecule has 4 rings (SSSR count). The molecule has 0 unspecified atom stereocenters. The molecule has 1 aliphatic heterocycles. The second kappa shape index (κ2) is 4.61. The van der Waals surface area contributed by atoms with Gasteiger partial charge in [-0.05, 0) is 57.9 Å². The molecule has 0 aromatic heterocycles. The van der Waals surface area contributed by atoms with Crippen molar-refractivity contribution in [1.82, 2.24) is 0 Å². The average molecular weight is 298 g/mol. The van der Waals surface area contributed by atoms with E-state index in [2.05, 4.69) is 58.0 Å². The van der Waals surface area contributed by atoms with Crippen molar-refractivity contribution < 1.29 is 9.31 Å². The van der Waals surface area contributed by atoms with Crippen LogP contribution in [0.5, 0.6) is 0 Å². The number of rotatable bonds is 3. The van der Waals surface area contributed by atoms with Crippen LogP contribution in [-0.2, 0) is 9.31 Å². The highest BCUT2D eigenvalue weighted by molar-refractivity contribution is 6.50. The maximum atomic E-state index is 6.43. The van der Waals surface area contributed by atoms with Gasteiger partial charge in [0.05, 0.1) is 11.2 Å².